The van der Waals surface area contributed by atoms with Crippen molar-refractivity contribution in [1.82, 2.24) is 18.7 Å². The third-order valence-corrected chi connectivity index (χ3v) is 8.48. The quantitative estimate of drug-likeness (QED) is 0.174. The van der Waals surface area contributed by atoms with Crippen molar-refractivity contribution in [3.05, 3.63) is 201 Å². The average molecular weight is 589 g/mol. The highest BCUT2D eigenvalue weighted by atomic mass is 16.2. The molecule has 0 saturated carbocycles. The maximum atomic E-state index is 13.8. The summed E-state index contributed by atoms with van der Waals surface area (Å²) in [7, 11) is 0. The van der Waals surface area contributed by atoms with Crippen molar-refractivity contribution in [2.45, 2.75) is 24.9 Å². The van der Waals surface area contributed by atoms with Crippen LogP contribution in [0.3, 0.4) is 0 Å². The molecule has 2 heterocycles. The summed E-state index contributed by atoms with van der Waals surface area (Å²) in [6, 6.07) is 48.0. The van der Waals surface area contributed by atoms with Crippen LogP contribution in [0.2, 0.25) is 0 Å². The van der Waals surface area contributed by atoms with E-state index in [0.717, 1.165) is 22.4 Å². The van der Waals surface area contributed by atoms with Gasteiger partial charge in [0.15, 0.2) is 0 Å². The molecular weight excluding hydrogens is 556 g/mol. The molecule has 0 aliphatic carbocycles. The lowest BCUT2D eigenvalue weighted by Crippen LogP contribution is -2.39. The first-order valence-electron chi connectivity index (χ1n) is 15.2. The summed E-state index contributed by atoms with van der Waals surface area (Å²) >= 11 is 0. The molecule has 0 radical (unpaired) electrons. The molecule has 0 fully saturated rings. The Morgan fingerprint density at radius 1 is 0.600 bits per heavy atom. The molecule has 7 rings (SSSR count). The van der Waals surface area contributed by atoms with Gasteiger partial charge in [-0.05, 0) is 53.8 Å². The molecule has 220 valence electrons. The maximum Gasteiger partial charge on any atom is 0.336 e. The minimum atomic E-state index is -0.632. The minimum absolute atomic E-state index is 0.309. The van der Waals surface area contributed by atoms with Crippen molar-refractivity contribution in [2.75, 3.05) is 0 Å². The fourth-order valence-corrected chi connectivity index (χ4v) is 6.42. The number of imidazole rings is 1. The molecule has 0 atom stereocenters. The number of para-hydroxylation sites is 2. The Kier molecular flexibility index (Phi) is 7.54. The van der Waals surface area contributed by atoms with Crippen molar-refractivity contribution in [3.8, 4) is 5.69 Å². The Bertz CT molecular complexity index is 2070. The third kappa shape index (κ3) is 5.00. The van der Waals surface area contributed by atoms with Gasteiger partial charge in [0.25, 0.3) is 5.56 Å². The lowest BCUT2D eigenvalue weighted by molar-refractivity contribution is 0.514. The number of rotatable bonds is 9. The molecule has 6 nitrogen and oxygen atoms in total. The van der Waals surface area contributed by atoms with E-state index in [4.69, 9.17) is 4.98 Å². The summed E-state index contributed by atoms with van der Waals surface area (Å²) in [6.07, 6.45) is 5.37. The zero-order chi connectivity index (χ0) is 30.6. The first kappa shape index (κ1) is 28.0. The molecule has 5 aromatic carbocycles. The van der Waals surface area contributed by atoms with E-state index in [-0.39, 0.29) is 11.2 Å². The SMILES string of the molecule is O=c1c2ccccc2n(CCCc2cn(C(c3ccccc3)(c3ccccc3)c3ccccc3)cn2)c(=O)n1-c1ccccc1. The Balaban J connectivity index is 1.26. The number of aryl methyl sites for hydroxylation is 2. The summed E-state index contributed by atoms with van der Waals surface area (Å²) in [5, 5.41) is 0.517. The summed E-state index contributed by atoms with van der Waals surface area (Å²) in [4.78, 5) is 32.0. The predicted octanol–water partition coefficient (Wildman–Crippen LogP) is 6.82. The third-order valence-electron chi connectivity index (χ3n) is 8.48. The molecule has 0 amide bonds. The van der Waals surface area contributed by atoms with Crippen LogP contribution in [0.1, 0.15) is 28.8 Å². The van der Waals surface area contributed by atoms with Gasteiger partial charge in [0.2, 0.25) is 0 Å². The van der Waals surface area contributed by atoms with Gasteiger partial charge in [0.05, 0.1) is 28.6 Å². The number of benzene rings is 5. The van der Waals surface area contributed by atoms with Crippen LogP contribution in [0, 0.1) is 0 Å². The topological polar surface area (TPSA) is 61.8 Å². The van der Waals surface area contributed by atoms with Crippen molar-refractivity contribution < 1.29 is 0 Å². The van der Waals surface area contributed by atoms with Gasteiger partial charge < -0.3 is 4.57 Å². The normalized spacial score (nSPS) is 11.6. The van der Waals surface area contributed by atoms with Crippen molar-refractivity contribution in [3.63, 3.8) is 0 Å². The van der Waals surface area contributed by atoms with Crippen LogP contribution in [0.5, 0.6) is 0 Å². The molecule has 0 unspecified atom stereocenters. The van der Waals surface area contributed by atoms with Gasteiger partial charge in [-0.1, -0.05) is 121 Å². The van der Waals surface area contributed by atoms with Crippen LogP contribution in [-0.2, 0) is 18.5 Å². The molecule has 0 N–H and O–H groups in total. The predicted molar refractivity (Wildman–Crippen MR) is 179 cm³/mol. The van der Waals surface area contributed by atoms with Gasteiger partial charge in [-0.25, -0.2) is 14.3 Å². The molecule has 0 bridgehead atoms. The number of nitrogens with zero attached hydrogens (tertiary/aromatic N) is 4. The Morgan fingerprint density at radius 2 is 1.11 bits per heavy atom. The number of aromatic nitrogens is 4. The second kappa shape index (κ2) is 12.1. The highest BCUT2D eigenvalue weighted by Gasteiger charge is 2.38. The maximum absolute atomic E-state index is 13.8. The van der Waals surface area contributed by atoms with E-state index in [1.54, 1.807) is 22.8 Å². The first-order valence-corrected chi connectivity index (χ1v) is 15.2. The number of hydrogen-bond donors (Lipinski definition) is 0. The lowest BCUT2D eigenvalue weighted by atomic mass is 9.77. The fraction of sp³-hybridized carbons (Fsp3) is 0.103. The Labute approximate surface area is 261 Å². The summed E-state index contributed by atoms with van der Waals surface area (Å²) in [6.45, 7) is 0.445. The highest BCUT2D eigenvalue weighted by Crippen LogP contribution is 2.40. The van der Waals surface area contributed by atoms with Crippen LogP contribution in [0.4, 0.5) is 0 Å². The molecule has 0 saturated heterocycles. The molecule has 0 spiro atoms. The molecule has 2 aromatic heterocycles. The van der Waals surface area contributed by atoms with Gasteiger partial charge in [0.1, 0.15) is 5.54 Å². The second-order valence-corrected chi connectivity index (χ2v) is 11.1. The van der Waals surface area contributed by atoms with E-state index in [0.29, 0.717) is 36.0 Å². The summed E-state index contributed by atoms with van der Waals surface area (Å²) in [5.74, 6) is 0. The van der Waals surface area contributed by atoms with Gasteiger partial charge >= 0.3 is 5.69 Å². The minimum Gasteiger partial charge on any atom is -0.319 e. The zero-order valence-electron chi connectivity index (χ0n) is 24.7. The zero-order valence-corrected chi connectivity index (χ0v) is 24.7. The molecule has 7 aromatic rings. The van der Waals surface area contributed by atoms with E-state index >= 15 is 0 Å². The molecule has 6 heteroatoms. The van der Waals surface area contributed by atoms with Crippen LogP contribution >= 0.6 is 0 Å². The van der Waals surface area contributed by atoms with Gasteiger partial charge in [-0.2, -0.15) is 0 Å². The standard InChI is InChI=1S/C39H32N4O2/c44-37-35-25-13-14-26-36(35)42(38(45)43(37)34-23-11-4-12-24-34)27-15-22-33-28-41(29-40-33)39(30-16-5-1-6-17-30,31-18-7-2-8-19-31)32-20-9-3-10-21-32/h1-14,16-21,23-26,28-29H,15,22,27H2. The smallest absolute Gasteiger partial charge is 0.319 e. The Morgan fingerprint density at radius 3 is 1.69 bits per heavy atom. The van der Waals surface area contributed by atoms with Gasteiger partial charge in [0, 0.05) is 12.7 Å². The van der Waals surface area contributed by atoms with Gasteiger partial charge in [-0.3, -0.25) is 9.36 Å². The van der Waals surface area contributed by atoms with E-state index in [9.17, 15) is 9.59 Å². The first-order chi connectivity index (χ1) is 22.2. The molecule has 0 aliphatic rings. The van der Waals surface area contributed by atoms with E-state index in [1.807, 2.05) is 60.9 Å². The van der Waals surface area contributed by atoms with Crippen LogP contribution in [-0.4, -0.2) is 18.7 Å². The number of fused-ring (bicyclic) bond motifs is 1. The van der Waals surface area contributed by atoms with Crippen molar-refractivity contribution >= 4 is 10.9 Å². The lowest BCUT2D eigenvalue weighted by Gasteiger charge is -2.37. The molecule has 45 heavy (non-hydrogen) atoms. The fourth-order valence-electron chi connectivity index (χ4n) is 6.42. The van der Waals surface area contributed by atoms with Crippen molar-refractivity contribution in [2.24, 2.45) is 0 Å². The number of hydrogen-bond acceptors (Lipinski definition) is 3. The summed E-state index contributed by atoms with van der Waals surface area (Å²) in [5.41, 5.74) is 4.24. The van der Waals surface area contributed by atoms with Crippen molar-refractivity contribution in [1.29, 1.82) is 0 Å². The van der Waals surface area contributed by atoms with Gasteiger partial charge in [-0.15, -0.1) is 0 Å². The summed E-state index contributed by atoms with van der Waals surface area (Å²) < 4.78 is 5.19. The monoisotopic (exact) mass is 588 g/mol. The largest absolute Gasteiger partial charge is 0.336 e. The molecule has 0 aliphatic heterocycles. The van der Waals surface area contributed by atoms with E-state index in [2.05, 4.69) is 83.6 Å². The average Bonchev–Trinajstić information content (AvgIpc) is 3.58. The molecular formula is C39H32N4O2. The van der Waals surface area contributed by atoms with Crippen LogP contribution in [0.25, 0.3) is 16.6 Å². The van der Waals surface area contributed by atoms with E-state index < -0.39 is 5.54 Å². The van der Waals surface area contributed by atoms with E-state index in [1.165, 1.54) is 4.57 Å². The highest BCUT2D eigenvalue weighted by molar-refractivity contribution is 5.78. The second-order valence-electron chi connectivity index (χ2n) is 11.1. The Hall–Kier alpha value is -5.75. The van der Waals surface area contributed by atoms with Crippen LogP contribution in [0.15, 0.2) is 168 Å². The van der Waals surface area contributed by atoms with Crippen LogP contribution < -0.4 is 11.2 Å².